The van der Waals surface area contributed by atoms with Crippen molar-refractivity contribution < 1.29 is 19.1 Å². The van der Waals surface area contributed by atoms with Crippen LogP contribution in [0.1, 0.15) is 40.7 Å². The van der Waals surface area contributed by atoms with E-state index in [2.05, 4.69) is 10.2 Å². The lowest BCUT2D eigenvalue weighted by molar-refractivity contribution is -0.116. The Labute approximate surface area is 171 Å². The number of methoxy groups -OCH3 is 1. The molecule has 0 aliphatic carbocycles. The summed E-state index contributed by atoms with van der Waals surface area (Å²) in [6, 6.07) is 11.2. The smallest absolute Gasteiger partial charge is 0.337 e. The zero-order valence-electron chi connectivity index (χ0n) is 17.3. The number of anilines is 2. The normalized spacial score (nSPS) is 13.3. The molecule has 29 heavy (non-hydrogen) atoms. The minimum absolute atomic E-state index is 0.155. The van der Waals surface area contributed by atoms with Gasteiger partial charge in [-0.1, -0.05) is 12.1 Å². The second kappa shape index (κ2) is 9.45. The fourth-order valence-electron chi connectivity index (χ4n) is 3.46. The summed E-state index contributed by atoms with van der Waals surface area (Å²) < 4.78 is 10.6. The van der Waals surface area contributed by atoms with Crippen LogP contribution < -0.4 is 15.0 Å². The molecule has 1 N–H and O–H groups in total. The number of carbonyl (C=O) groups excluding carboxylic acids is 2. The first-order chi connectivity index (χ1) is 14.0. The van der Waals surface area contributed by atoms with E-state index in [0.29, 0.717) is 11.3 Å². The highest BCUT2D eigenvalue weighted by Crippen LogP contribution is 2.30. The Balaban J connectivity index is 1.67. The summed E-state index contributed by atoms with van der Waals surface area (Å²) in [5.41, 5.74) is 4.21. The van der Waals surface area contributed by atoms with Gasteiger partial charge in [-0.05, 0) is 62.1 Å². The minimum Gasteiger partial charge on any atom is -0.493 e. The molecule has 3 rings (SSSR count). The van der Waals surface area contributed by atoms with Gasteiger partial charge >= 0.3 is 5.97 Å². The van der Waals surface area contributed by atoms with Crippen LogP contribution in [-0.2, 0) is 9.53 Å². The molecule has 2 aromatic rings. The van der Waals surface area contributed by atoms with Crippen LogP contribution in [0.4, 0.5) is 11.4 Å². The molecule has 0 saturated carbocycles. The number of benzene rings is 2. The van der Waals surface area contributed by atoms with Crippen molar-refractivity contribution in [2.75, 3.05) is 37.0 Å². The van der Waals surface area contributed by atoms with E-state index in [-0.39, 0.29) is 18.9 Å². The van der Waals surface area contributed by atoms with E-state index in [4.69, 9.17) is 9.47 Å². The average molecular weight is 396 g/mol. The Hall–Kier alpha value is -3.02. The first-order valence-electron chi connectivity index (χ1n) is 9.96. The van der Waals surface area contributed by atoms with Crippen molar-refractivity contribution in [2.24, 2.45) is 0 Å². The van der Waals surface area contributed by atoms with Gasteiger partial charge in [0.1, 0.15) is 5.75 Å². The van der Waals surface area contributed by atoms with Crippen molar-refractivity contribution in [3.63, 3.8) is 0 Å². The maximum Gasteiger partial charge on any atom is 0.337 e. The number of nitrogens with one attached hydrogen (secondary N) is 1. The van der Waals surface area contributed by atoms with Crippen molar-refractivity contribution in [1.82, 2.24) is 0 Å². The van der Waals surface area contributed by atoms with Crippen LogP contribution >= 0.6 is 0 Å². The molecule has 154 valence electrons. The zero-order valence-corrected chi connectivity index (χ0v) is 17.3. The lowest BCUT2D eigenvalue weighted by atomic mass is 10.1. The third-order valence-corrected chi connectivity index (χ3v) is 5.28. The summed E-state index contributed by atoms with van der Waals surface area (Å²) >= 11 is 0. The SMILES string of the molecule is COC(=O)c1ccc(N2CCCC2)c(NC(=O)CCOc2cccc(C)c2C)c1. The van der Waals surface area contributed by atoms with E-state index < -0.39 is 5.97 Å². The number of carbonyl (C=O) groups is 2. The van der Waals surface area contributed by atoms with Crippen molar-refractivity contribution >= 4 is 23.3 Å². The van der Waals surface area contributed by atoms with Crippen LogP contribution in [0.2, 0.25) is 0 Å². The fourth-order valence-corrected chi connectivity index (χ4v) is 3.46. The topological polar surface area (TPSA) is 67.9 Å². The lowest BCUT2D eigenvalue weighted by Gasteiger charge is -2.22. The Bertz CT molecular complexity index is 888. The first kappa shape index (κ1) is 20.7. The number of nitrogens with zero attached hydrogens (tertiary/aromatic N) is 1. The Morgan fingerprint density at radius 2 is 1.86 bits per heavy atom. The summed E-state index contributed by atoms with van der Waals surface area (Å²) in [6.07, 6.45) is 2.46. The number of esters is 1. The summed E-state index contributed by atoms with van der Waals surface area (Å²) in [7, 11) is 1.35. The molecule has 0 atom stereocenters. The molecule has 0 spiro atoms. The molecule has 1 aliphatic heterocycles. The highest BCUT2D eigenvalue weighted by Gasteiger charge is 2.19. The van der Waals surface area contributed by atoms with E-state index in [9.17, 15) is 9.59 Å². The van der Waals surface area contributed by atoms with E-state index in [1.165, 1.54) is 7.11 Å². The fraction of sp³-hybridized carbons (Fsp3) is 0.391. The average Bonchev–Trinajstić information content (AvgIpc) is 3.25. The lowest BCUT2D eigenvalue weighted by Crippen LogP contribution is -2.22. The summed E-state index contributed by atoms with van der Waals surface area (Å²) in [5, 5.41) is 2.95. The summed E-state index contributed by atoms with van der Waals surface area (Å²) in [6.45, 7) is 6.20. The second-order valence-electron chi connectivity index (χ2n) is 7.26. The van der Waals surface area contributed by atoms with E-state index in [1.54, 1.807) is 12.1 Å². The van der Waals surface area contributed by atoms with Crippen LogP contribution in [0, 0.1) is 13.8 Å². The zero-order chi connectivity index (χ0) is 20.8. The molecule has 1 fully saturated rings. The maximum absolute atomic E-state index is 12.5. The molecule has 6 nitrogen and oxygen atoms in total. The quantitative estimate of drug-likeness (QED) is 0.714. The highest BCUT2D eigenvalue weighted by molar-refractivity contribution is 5.98. The highest BCUT2D eigenvalue weighted by atomic mass is 16.5. The molecular formula is C23H28N2O4. The van der Waals surface area contributed by atoms with Crippen molar-refractivity contribution in [1.29, 1.82) is 0 Å². The largest absolute Gasteiger partial charge is 0.493 e. The molecular weight excluding hydrogens is 368 g/mol. The molecule has 0 unspecified atom stereocenters. The van der Waals surface area contributed by atoms with Gasteiger partial charge in [-0.25, -0.2) is 4.79 Å². The molecule has 1 saturated heterocycles. The number of hydrogen-bond acceptors (Lipinski definition) is 5. The van der Waals surface area contributed by atoms with Crippen molar-refractivity contribution in [3.05, 3.63) is 53.1 Å². The van der Waals surface area contributed by atoms with E-state index in [1.807, 2.05) is 38.1 Å². The molecule has 1 heterocycles. The number of amides is 1. The standard InChI is InChI=1S/C23H28N2O4/c1-16-7-6-8-21(17(16)2)29-14-11-22(26)24-19-15-18(23(27)28-3)9-10-20(19)25-12-4-5-13-25/h6-10,15H,4-5,11-14H2,1-3H3,(H,24,26). The molecule has 0 bridgehead atoms. The summed E-state index contributed by atoms with van der Waals surface area (Å²) in [5.74, 6) is 0.216. The second-order valence-corrected chi connectivity index (χ2v) is 7.26. The van der Waals surface area contributed by atoms with Gasteiger partial charge in [0.25, 0.3) is 0 Å². The Kier molecular flexibility index (Phi) is 6.75. The summed E-state index contributed by atoms with van der Waals surface area (Å²) in [4.78, 5) is 26.7. The van der Waals surface area contributed by atoms with Gasteiger partial charge in [-0.3, -0.25) is 4.79 Å². The first-order valence-corrected chi connectivity index (χ1v) is 9.96. The van der Waals surface area contributed by atoms with Gasteiger partial charge in [0.15, 0.2) is 0 Å². The molecule has 1 aliphatic rings. The maximum atomic E-state index is 12.5. The van der Waals surface area contributed by atoms with Gasteiger partial charge < -0.3 is 19.7 Å². The van der Waals surface area contributed by atoms with E-state index in [0.717, 1.165) is 48.5 Å². The molecule has 0 aromatic heterocycles. The van der Waals surface area contributed by atoms with Crippen molar-refractivity contribution in [2.45, 2.75) is 33.1 Å². The minimum atomic E-state index is -0.424. The van der Waals surface area contributed by atoms with Crippen LogP contribution in [0.15, 0.2) is 36.4 Å². The predicted octanol–water partition coefficient (Wildman–Crippen LogP) is 4.10. The van der Waals surface area contributed by atoms with Crippen LogP contribution in [0.5, 0.6) is 5.75 Å². The van der Waals surface area contributed by atoms with Gasteiger partial charge in [0, 0.05) is 13.1 Å². The number of ether oxygens (including phenoxy) is 2. The van der Waals surface area contributed by atoms with Gasteiger partial charge in [0.05, 0.1) is 37.1 Å². The van der Waals surface area contributed by atoms with Gasteiger partial charge in [-0.15, -0.1) is 0 Å². The number of aryl methyl sites for hydroxylation is 1. The Morgan fingerprint density at radius 1 is 1.10 bits per heavy atom. The molecule has 2 aromatic carbocycles. The monoisotopic (exact) mass is 396 g/mol. The predicted molar refractivity (Wildman–Crippen MR) is 114 cm³/mol. The van der Waals surface area contributed by atoms with Crippen LogP contribution in [0.3, 0.4) is 0 Å². The van der Waals surface area contributed by atoms with Crippen molar-refractivity contribution in [3.8, 4) is 5.75 Å². The van der Waals surface area contributed by atoms with Crippen LogP contribution in [-0.4, -0.2) is 38.7 Å². The number of rotatable bonds is 7. The van der Waals surface area contributed by atoms with Gasteiger partial charge in [0.2, 0.25) is 5.91 Å². The van der Waals surface area contributed by atoms with Crippen LogP contribution in [0.25, 0.3) is 0 Å². The third-order valence-electron chi connectivity index (χ3n) is 5.28. The van der Waals surface area contributed by atoms with E-state index >= 15 is 0 Å². The Morgan fingerprint density at radius 3 is 2.59 bits per heavy atom. The molecule has 0 radical (unpaired) electrons. The van der Waals surface area contributed by atoms with Gasteiger partial charge in [-0.2, -0.15) is 0 Å². The third kappa shape index (κ3) is 5.08. The molecule has 6 heteroatoms. The molecule has 1 amide bonds. The number of hydrogen-bond donors (Lipinski definition) is 1.